The second-order valence-electron chi connectivity index (χ2n) is 6.34. The first-order valence-corrected chi connectivity index (χ1v) is 9.56. The summed E-state index contributed by atoms with van der Waals surface area (Å²) in [5.74, 6) is -1.92. The van der Waals surface area contributed by atoms with Crippen LogP contribution in [-0.2, 0) is 19.1 Å². The number of anilines is 1. The molecule has 1 heterocycles. The number of halogens is 1. The number of nitrogens with one attached hydrogen (secondary N) is 1. The summed E-state index contributed by atoms with van der Waals surface area (Å²) in [6, 6.07) is 10.8. The monoisotopic (exact) mass is 472 g/mol. The molecule has 8 nitrogen and oxygen atoms in total. The number of amides is 4. The van der Waals surface area contributed by atoms with Gasteiger partial charge < -0.3 is 9.47 Å². The van der Waals surface area contributed by atoms with Crippen LogP contribution in [0.3, 0.4) is 0 Å². The van der Waals surface area contributed by atoms with Crippen LogP contribution in [0.4, 0.5) is 10.5 Å². The molecule has 1 fully saturated rings. The van der Waals surface area contributed by atoms with Crippen LogP contribution in [0.5, 0.6) is 5.75 Å². The van der Waals surface area contributed by atoms with E-state index >= 15 is 0 Å². The topological polar surface area (TPSA) is 102 Å². The van der Waals surface area contributed by atoms with E-state index in [2.05, 4.69) is 26.0 Å². The van der Waals surface area contributed by atoms with Crippen LogP contribution in [-0.4, -0.2) is 37.5 Å². The molecule has 0 aromatic heterocycles. The number of hydrogen-bond donors (Lipinski definition) is 1. The Morgan fingerprint density at radius 2 is 1.83 bits per heavy atom. The SMILES string of the molecule is COC(=O)COc1ccc(Br)cc1/C=C1\C(=O)NC(=O)N(c2ccc(C)cc2)C1=O. The average Bonchev–Trinajstić information content (AvgIpc) is 2.71. The van der Waals surface area contributed by atoms with Gasteiger partial charge in [-0.15, -0.1) is 0 Å². The number of benzene rings is 2. The highest BCUT2D eigenvalue weighted by molar-refractivity contribution is 9.10. The third-order valence-electron chi connectivity index (χ3n) is 4.24. The summed E-state index contributed by atoms with van der Waals surface area (Å²) in [7, 11) is 1.23. The summed E-state index contributed by atoms with van der Waals surface area (Å²) in [6.45, 7) is 1.53. The number of carbonyl (C=O) groups excluding carboxylic acids is 4. The maximum Gasteiger partial charge on any atom is 0.343 e. The van der Waals surface area contributed by atoms with Crippen molar-refractivity contribution in [2.75, 3.05) is 18.6 Å². The van der Waals surface area contributed by atoms with Gasteiger partial charge >= 0.3 is 12.0 Å². The van der Waals surface area contributed by atoms with Crippen molar-refractivity contribution in [3.8, 4) is 5.75 Å². The number of urea groups is 1. The van der Waals surface area contributed by atoms with Crippen molar-refractivity contribution in [2.45, 2.75) is 6.92 Å². The molecule has 2 aromatic carbocycles. The maximum atomic E-state index is 13.0. The summed E-state index contributed by atoms with van der Waals surface area (Å²) < 4.78 is 10.7. The first-order chi connectivity index (χ1) is 14.3. The van der Waals surface area contributed by atoms with Gasteiger partial charge in [-0.2, -0.15) is 0 Å². The summed E-state index contributed by atoms with van der Waals surface area (Å²) in [5.41, 5.74) is 1.40. The minimum Gasteiger partial charge on any atom is -0.481 e. The van der Waals surface area contributed by atoms with Crippen molar-refractivity contribution in [1.29, 1.82) is 0 Å². The Hall–Kier alpha value is -3.46. The fourth-order valence-electron chi connectivity index (χ4n) is 2.70. The van der Waals surface area contributed by atoms with Gasteiger partial charge in [-0.05, 0) is 43.3 Å². The van der Waals surface area contributed by atoms with Crippen molar-refractivity contribution in [1.82, 2.24) is 5.32 Å². The Balaban J connectivity index is 1.99. The predicted octanol–water partition coefficient (Wildman–Crippen LogP) is 2.98. The molecule has 0 saturated carbocycles. The Kier molecular flexibility index (Phi) is 6.31. The molecule has 1 N–H and O–H groups in total. The first-order valence-electron chi connectivity index (χ1n) is 8.77. The first kappa shape index (κ1) is 21.3. The van der Waals surface area contributed by atoms with Gasteiger partial charge in [0.25, 0.3) is 11.8 Å². The number of imide groups is 2. The minimum absolute atomic E-state index is 0.254. The van der Waals surface area contributed by atoms with Crippen LogP contribution >= 0.6 is 15.9 Å². The number of methoxy groups -OCH3 is 1. The normalized spacial score (nSPS) is 15.2. The number of ether oxygens (including phenoxy) is 2. The quantitative estimate of drug-likeness (QED) is 0.407. The van der Waals surface area contributed by atoms with E-state index in [0.29, 0.717) is 15.7 Å². The third kappa shape index (κ3) is 4.57. The van der Waals surface area contributed by atoms with Crippen molar-refractivity contribution in [2.24, 2.45) is 0 Å². The molecular weight excluding hydrogens is 456 g/mol. The van der Waals surface area contributed by atoms with E-state index in [1.54, 1.807) is 42.5 Å². The summed E-state index contributed by atoms with van der Waals surface area (Å²) in [5, 5.41) is 2.17. The highest BCUT2D eigenvalue weighted by Gasteiger charge is 2.37. The lowest BCUT2D eigenvalue weighted by atomic mass is 10.1. The van der Waals surface area contributed by atoms with Gasteiger partial charge in [0.1, 0.15) is 11.3 Å². The van der Waals surface area contributed by atoms with Gasteiger partial charge in [0.15, 0.2) is 6.61 Å². The molecule has 1 saturated heterocycles. The number of carbonyl (C=O) groups is 4. The Morgan fingerprint density at radius 1 is 1.13 bits per heavy atom. The lowest BCUT2D eigenvalue weighted by molar-refractivity contribution is -0.143. The van der Waals surface area contributed by atoms with E-state index in [0.717, 1.165) is 10.5 Å². The zero-order chi connectivity index (χ0) is 21.8. The highest BCUT2D eigenvalue weighted by Crippen LogP contribution is 2.28. The number of esters is 1. The smallest absolute Gasteiger partial charge is 0.343 e. The molecule has 9 heteroatoms. The number of nitrogens with zero attached hydrogens (tertiary/aromatic N) is 1. The van der Waals surface area contributed by atoms with E-state index in [1.165, 1.54) is 13.2 Å². The van der Waals surface area contributed by atoms with E-state index in [1.807, 2.05) is 6.92 Å². The molecule has 2 aromatic rings. The average molecular weight is 473 g/mol. The Labute approximate surface area is 180 Å². The predicted molar refractivity (Wildman–Crippen MR) is 112 cm³/mol. The second kappa shape index (κ2) is 8.91. The van der Waals surface area contributed by atoms with E-state index < -0.39 is 23.8 Å². The third-order valence-corrected chi connectivity index (χ3v) is 4.73. The molecule has 0 atom stereocenters. The molecule has 3 rings (SSSR count). The van der Waals surface area contributed by atoms with Crippen LogP contribution < -0.4 is 15.0 Å². The largest absolute Gasteiger partial charge is 0.481 e. The molecule has 4 amide bonds. The molecule has 1 aliphatic rings. The van der Waals surface area contributed by atoms with Crippen molar-refractivity contribution in [3.05, 3.63) is 63.6 Å². The Morgan fingerprint density at radius 3 is 2.50 bits per heavy atom. The van der Waals surface area contributed by atoms with Crippen molar-refractivity contribution >= 4 is 51.5 Å². The summed E-state index contributed by atoms with van der Waals surface area (Å²) in [4.78, 5) is 49.9. The van der Waals surface area contributed by atoms with Crippen LogP contribution in [0.25, 0.3) is 6.08 Å². The minimum atomic E-state index is -0.831. The molecule has 1 aliphatic heterocycles. The molecule has 154 valence electrons. The van der Waals surface area contributed by atoms with Gasteiger partial charge in [0, 0.05) is 10.0 Å². The summed E-state index contributed by atoms with van der Waals surface area (Å²) in [6.07, 6.45) is 1.31. The molecule has 0 aliphatic carbocycles. The second-order valence-corrected chi connectivity index (χ2v) is 7.26. The number of aryl methyl sites for hydroxylation is 1. The van der Waals surface area contributed by atoms with Crippen molar-refractivity contribution in [3.63, 3.8) is 0 Å². The van der Waals surface area contributed by atoms with Gasteiger partial charge in [-0.1, -0.05) is 33.6 Å². The van der Waals surface area contributed by atoms with Gasteiger partial charge in [-0.3, -0.25) is 14.9 Å². The van der Waals surface area contributed by atoms with E-state index in [4.69, 9.17) is 4.74 Å². The standard InChI is InChI=1S/C21H17BrN2O6/c1-12-3-6-15(7-4-12)24-20(27)16(19(26)23-21(24)28)10-13-9-14(22)5-8-17(13)30-11-18(25)29-2/h3-10H,11H2,1-2H3,(H,23,26,28)/b16-10+. The van der Waals surface area contributed by atoms with Gasteiger partial charge in [0.2, 0.25) is 0 Å². The molecule has 30 heavy (non-hydrogen) atoms. The lowest BCUT2D eigenvalue weighted by Gasteiger charge is -2.26. The van der Waals surface area contributed by atoms with Crippen LogP contribution in [0.1, 0.15) is 11.1 Å². The number of rotatable bonds is 5. The highest BCUT2D eigenvalue weighted by atomic mass is 79.9. The zero-order valence-electron chi connectivity index (χ0n) is 16.1. The molecule has 0 bridgehead atoms. The molecule has 0 unspecified atom stereocenters. The van der Waals surface area contributed by atoms with Crippen LogP contribution in [0.15, 0.2) is 52.5 Å². The fourth-order valence-corrected chi connectivity index (χ4v) is 3.08. The maximum absolute atomic E-state index is 13.0. The molecule has 0 radical (unpaired) electrons. The molecular formula is C21H17BrN2O6. The van der Waals surface area contributed by atoms with Crippen LogP contribution in [0.2, 0.25) is 0 Å². The summed E-state index contributed by atoms with van der Waals surface area (Å²) >= 11 is 3.32. The van der Waals surface area contributed by atoms with E-state index in [-0.39, 0.29) is 17.9 Å². The van der Waals surface area contributed by atoms with E-state index in [9.17, 15) is 19.2 Å². The van der Waals surface area contributed by atoms with Crippen molar-refractivity contribution < 1.29 is 28.7 Å². The fraction of sp³-hybridized carbons (Fsp3) is 0.143. The van der Waals surface area contributed by atoms with Gasteiger partial charge in [0.05, 0.1) is 12.8 Å². The number of hydrogen-bond acceptors (Lipinski definition) is 6. The molecule has 0 spiro atoms. The van der Waals surface area contributed by atoms with Crippen LogP contribution in [0, 0.1) is 6.92 Å². The number of barbiturate groups is 1. The van der Waals surface area contributed by atoms with Gasteiger partial charge in [-0.25, -0.2) is 14.5 Å². The Bertz CT molecular complexity index is 1060. The zero-order valence-corrected chi connectivity index (χ0v) is 17.7. The lowest BCUT2D eigenvalue weighted by Crippen LogP contribution is -2.54.